The number of aromatic nitrogens is 2. The lowest BCUT2D eigenvalue weighted by molar-refractivity contribution is 0.145. The first-order chi connectivity index (χ1) is 17.4. The summed E-state index contributed by atoms with van der Waals surface area (Å²) in [5.41, 5.74) is 2.33. The molecule has 198 valence electrons. The van der Waals surface area contributed by atoms with Crippen molar-refractivity contribution in [3.8, 4) is 5.75 Å². The number of ether oxygens (including phenoxy) is 1. The Bertz CT molecular complexity index is 1080. The Kier molecular flexibility index (Phi) is 9.61. The van der Waals surface area contributed by atoms with Crippen LogP contribution in [0.3, 0.4) is 0 Å². The van der Waals surface area contributed by atoms with Gasteiger partial charge in [0, 0.05) is 38.0 Å². The third-order valence-corrected chi connectivity index (χ3v) is 9.77. The van der Waals surface area contributed by atoms with E-state index in [1.807, 2.05) is 24.5 Å². The maximum absolute atomic E-state index is 12.3. The lowest BCUT2D eigenvalue weighted by Gasteiger charge is -2.31. The molecule has 0 radical (unpaired) electrons. The van der Waals surface area contributed by atoms with Gasteiger partial charge in [0.15, 0.2) is 0 Å². The monoisotopic (exact) mass is 535 g/mol. The number of aliphatic hydroxyl groups excluding tert-OH is 1. The molecule has 0 atom stereocenters. The predicted octanol–water partition coefficient (Wildman–Crippen LogP) is 4.76. The maximum atomic E-state index is 12.3. The van der Waals surface area contributed by atoms with Gasteiger partial charge in [0.2, 0.25) is 10.0 Å². The molecule has 1 aliphatic heterocycles. The molecule has 1 saturated heterocycles. The summed E-state index contributed by atoms with van der Waals surface area (Å²) in [6.07, 6.45) is 11.8. The number of benzene rings is 1. The highest BCUT2D eigenvalue weighted by Crippen LogP contribution is 2.35. The Morgan fingerprint density at radius 2 is 1.75 bits per heavy atom. The summed E-state index contributed by atoms with van der Waals surface area (Å²) in [6.45, 7) is 3.10. The molecule has 2 fully saturated rings. The Balaban J connectivity index is 1.24. The minimum Gasteiger partial charge on any atom is -0.489 e. The van der Waals surface area contributed by atoms with Crippen LogP contribution in [0.2, 0.25) is 5.02 Å². The Morgan fingerprint density at radius 3 is 2.36 bits per heavy atom. The van der Waals surface area contributed by atoms with E-state index in [2.05, 4.69) is 23.0 Å². The van der Waals surface area contributed by atoms with Gasteiger partial charge in [-0.1, -0.05) is 24.6 Å². The minimum absolute atomic E-state index is 0.0206. The van der Waals surface area contributed by atoms with Crippen molar-refractivity contribution in [2.24, 2.45) is 5.92 Å². The molecular formula is C27H38ClN3O4S. The van der Waals surface area contributed by atoms with E-state index in [-0.39, 0.29) is 24.9 Å². The van der Waals surface area contributed by atoms with Crippen LogP contribution >= 0.6 is 11.6 Å². The number of hydrogen-bond acceptors (Lipinski definition) is 6. The van der Waals surface area contributed by atoms with Crippen LogP contribution < -0.4 is 4.74 Å². The fraction of sp³-hybridized carbons (Fsp3) is 0.630. The van der Waals surface area contributed by atoms with Gasteiger partial charge in [-0.05, 0) is 87.0 Å². The summed E-state index contributed by atoms with van der Waals surface area (Å²) in [4.78, 5) is 9.13. The number of rotatable bonds is 10. The van der Waals surface area contributed by atoms with Crippen molar-refractivity contribution in [3.63, 3.8) is 0 Å². The van der Waals surface area contributed by atoms with Gasteiger partial charge in [-0.3, -0.25) is 0 Å². The number of halogens is 1. The molecule has 36 heavy (non-hydrogen) atoms. The number of nitrogens with zero attached hydrogens (tertiary/aromatic N) is 3. The minimum atomic E-state index is -3.26. The molecule has 1 aliphatic carbocycles. The molecule has 2 aromatic rings. The second-order valence-corrected chi connectivity index (χ2v) is 12.6. The largest absolute Gasteiger partial charge is 0.489 e. The number of sulfonamides is 1. The average Bonchev–Trinajstić information content (AvgIpc) is 2.90. The summed E-state index contributed by atoms with van der Waals surface area (Å²) in [6, 6.07) is 6.06. The number of hydrogen-bond donors (Lipinski definition) is 1. The van der Waals surface area contributed by atoms with E-state index in [1.165, 1.54) is 5.56 Å². The third kappa shape index (κ3) is 7.18. The average molecular weight is 536 g/mol. The highest BCUT2D eigenvalue weighted by molar-refractivity contribution is 7.89. The van der Waals surface area contributed by atoms with E-state index < -0.39 is 10.0 Å². The second kappa shape index (κ2) is 12.7. The molecular weight excluding hydrogens is 498 g/mol. The Labute approximate surface area is 220 Å². The van der Waals surface area contributed by atoms with E-state index in [9.17, 15) is 8.42 Å². The van der Waals surface area contributed by atoms with Crippen LogP contribution in [-0.4, -0.2) is 59.4 Å². The quantitative estimate of drug-likeness (QED) is 0.471. The molecule has 1 aromatic carbocycles. The van der Waals surface area contributed by atoms with Crippen LogP contribution in [0.25, 0.3) is 0 Å². The van der Waals surface area contributed by atoms with Crippen LogP contribution in [0.1, 0.15) is 74.7 Å². The molecule has 0 bridgehead atoms. The van der Waals surface area contributed by atoms with Gasteiger partial charge < -0.3 is 9.84 Å². The van der Waals surface area contributed by atoms with Crippen molar-refractivity contribution >= 4 is 21.6 Å². The van der Waals surface area contributed by atoms with Crippen LogP contribution in [0, 0.1) is 5.92 Å². The molecule has 9 heteroatoms. The van der Waals surface area contributed by atoms with Crippen LogP contribution in [-0.2, 0) is 22.9 Å². The Morgan fingerprint density at radius 1 is 1.06 bits per heavy atom. The highest BCUT2D eigenvalue weighted by Gasteiger charge is 2.28. The zero-order valence-electron chi connectivity index (χ0n) is 21.1. The zero-order valence-corrected chi connectivity index (χ0v) is 22.7. The normalized spacial score (nSPS) is 22.0. The van der Waals surface area contributed by atoms with Crippen LogP contribution in [0.15, 0.2) is 30.6 Å². The van der Waals surface area contributed by atoms with Crippen molar-refractivity contribution in [3.05, 3.63) is 52.6 Å². The molecule has 0 amide bonds. The SMILES string of the molecule is CCc1cnc(C2CCC(Oc3ccc(CC4CCN(S(=O)(=O)CCCO)CC4)cc3Cl)CC2)nc1. The molecule has 7 nitrogen and oxygen atoms in total. The molecule has 2 aliphatic rings. The predicted molar refractivity (Wildman–Crippen MR) is 142 cm³/mol. The molecule has 2 heterocycles. The first kappa shape index (κ1) is 27.3. The van der Waals surface area contributed by atoms with Crippen molar-refractivity contribution in [1.29, 1.82) is 0 Å². The molecule has 1 N–H and O–H groups in total. The first-order valence-electron chi connectivity index (χ1n) is 13.2. The van der Waals surface area contributed by atoms with E-state index in [0.717, 1.165) is 68.5 Å². The van der Waals surface area contributed by atoms with E-state index in [4.69, 9.17) is 21.4 Å². The molecule has 0 unspecified atom stereocenters. The van der Waals surface area contributed by atoms with Gasteiger partial charge in [0.25, 0.3) is 0 Å². The Hall–Kier alpha value is -1.74. The molecule has 4 rings (SSSR count). The molecule has 0 spiro atoms. The van der Waals surface area contributed by atoms with Gasteiger partial charge in [-0.15, -0.1) is 0 Å². The summed E-state index contributed by atoms with van der Waals surface area (Å²) >= 11 is 6.60. The van der Waals surface area contributed by atoms with E-state index in [1.54, 1.807) is 4.31 Å². The van der Waals surface area contributed by atoms with Gasteiger partial charge >= 0.3 is 0 Å². The van der Waals surface area contributed by atoms with Crippen molar-refractivity contribution in [2.75, 3.05) is 25.4 Å². The first-order valence-corrected chi connectivity index (χ1v) is 15.2. The fourth-order valence-corrected chi connectivity index (χ4v) is 7.01. The van der Waals surface area contributed by atoms with Crippen LogP contribution in [0.5, 0.6) is 5.75 Å². The molecule has 1 saturated carbocycles. The summed E-state index contributed by atoms with van der Waals surface area (Å²) in [5.74, 6) is 2.52. The van der Waals surface area contributed by atoms with E-state index >= 15 is 0 Å². The lowest BCUT2D eigenvalue weighted by Crippen LogP contribution is -2.40. The van der Waals surface area contributed by atoms with Gasteiger partial charge in [-0.25, -0.2) is 22.7 Å². The number of aryl methyl sites for hydroxylation is 1. The number of piperidine rings is 1. The van der Waals surface area contributed by atoms with Gasteiger partial charge in [0.1, 0.15) is 11.6 Å². The summed E-state index contributed by atoms with van der Waals surface area (Å²) in [7, 11) is -3.26. The lowest BCUT2D eigenvalue weighted by atomic mass is 9.86. The van der Waals surface area contributed by atoms with Gasteiger partial charge in [-0.2, -0.15) is 0 Å². The van der Waals surface area contributed by atoms with Crippen molar-refractivity contribution in [2.45, 2.75) is 76.7 Å². The molecule has 1 aromatic heterocycles. The topological polar surface area (TPSA) is 92.6 Å². The van der Waals surface area contributed by atoms with E-state index in [0.29, 0.717) is 29.9 Å². The summed E-state index contributed by atoms with van der Waals surface area (Å²) < 4.78 is 32.5. The second-order valence-electron chi connectivity index (χ2n) is 10.1. The standard InChI is InChI=1S/C27H38ClN3O4S/c1-2-20-18-29-27(30-19-20)23-5-7-24(8-6-23)35-26-9-4-22(17-25(26)28)16-21-10-12-31(13-11-21)36(33,34)15-3-14-32/h4,9,17-19,21,23-24,32H,2-3,5-8,10-16H2,1H3. The fourth-order valence-electron chi connectivity index (χ4n) is 5.24. The summed E-state index contributed by atoms with van der Waals surface area (Å²) in [5, 5.41) is 9.57. The smallest absolute Gasteiger partial charge is 0.214 e. The van der Waals surface area contributed by atoms with Crippen molar-refractivity contribution < 1.29 is 18.3 Å². The third-order valence-electron chi connectivity index (χ3n) is 7.51. The zero-order chi connectivity index (χ0) is 25.5. The van der Waals surface area contributed by atoms with Crippen molar-refractivity contribution in [1.82, 2.24) is 14.3 Å². The van der Waals surface area contributed by atoms with Gasteiger partial charge in [0.05, 0.1) is 16.9 Å². The number of aliphatic hydroxyl groups is 1. The highest BCUT2D eigenvalue weighted by atomic mass is 35.5. The van der Waals surface area contributed by atoms with Crippen LogP contribution in [0.4, 0.5) is 0 Å². The maximum Gasteiger partial charge on any atom is 0.214 e.